The van der Waals surface area contributed by atoms with Crippen LogP contribution in [0.5, 0.6) is 0 Å². The van der Waals surface area contributed by atoms with Gasteiger partial charge in [-0.3, -0.25) is 9.69 Å². The minimum atomic E-state index is -5.08. The number of imidazole rings is 1. The van der Waals surface area contributed by atoms with Crippen molar-refractivity contribution in [2.45, 2.75) is 44.9 Å². The van der Waals surface area contributed by atoms with E-state index in [0.717, 1.165) is 38.3 Å². The van der Waals surface area contributed by atoms with Crippen molar-refractivity contribution < 1.29 is 32.6 Å². The van der Waals surface area contributed by atoms with Crippen LogP contribution in [0.25, 0.3) is 0 Å². The van der Waals surface area contributed by atoms with Crippen molar-refractivity contribution in [3.63, 3.8) is 0 Å². The van der Waals surface area contributed by atoms with Gasteiger partial charge in [-0.1, -0.05) is 6.07 Å². The highest BCUT2D eigenvalue weighted by Crippen LogP contribution is 2.50. The number of amides is 1. The summed E-state index contributed by atoms with van der Waals surface area (Å²) in [5.41, 5.74) is 0.700. The quantitative estimate of drug-likeness (QED) is 0.605. The van der Waals surface area contributed by atoms with Crippen LogP contribution >= 0.6 is 11.3 Å². The number of carbonyl (C=O) groups is 2. The Kier molecular flexibility index (Phi) is 8.60. The molecule has 2 saturated heterocycles. The molecule has 2 aromatic rings. The van der Waals surface area contributed by atoms with Crippen LogP contribution in [0, 0.1) is 5.41 Å². The van der Waals surface area contributed by atoms with Crippen LogP contribution in [0.4, 0.5) is 13.2 Å². The molecule has 2 aliphatic heterocycles. The normalized spacial score (nSPS) is 22.8. The number of carboxylic acid groups (broad SMARTS) is 1. The summed E-state index contributed by atoms with van der Waals surface area (Å²) in [6, 6.07) is 4.65. The van der Waals surface area contributed by atoms with Gasteiger partial charge in [0.25, 0.3) is 0 Å². The van der Waals surface area contributed by atoms with Crippen molar-refractivity contribution in [2.24, 2.45) is 5.41 Å². The molecular formula is C23H31F3N4O4S. The summed E-state index contributed by atoms with van der Waals surface area (Å²) in [7, 11) is 1.69. The van der Waals surface area contributed by atoms with Crippen LogP contribution in [0.2, 0.25) is 0 Å². The Morgan fingerprint density at radius 2 is 2.11 bits per heavy atom. The summed E-state index contributed by atoms with van der Waals surface area (Å²) in [4.78, 5) is 32.9. The molecule has 0 radical (unpaired) electrons. The monoisotopic (exact) mass is 516 g/mol. The third-order valence-corrected chi connectivity index (χ3v) is 7.36. The summed E-state index contributed by atoms with van der Waals surface area (Å²) in [6.07, 6.45) is -0.121. The van der Waals surface area contributed by atoms with Crippen molar-refractivity contribution >= 4 is 23.2 Å². The zero-order valence-corrected chi connectivity index (χ0v) is 20.8. The number of hydrogen-bond acceptors (Lipinski definition) is 6. The largest absolute Gasteiger partial charge is 0.490 e. The SMILES string of the molecule is COCCN1CCC2(CN(Cc3cccs3)CC2c2cn(C(C)C)cn2)C1=O.O=C(O)C(F)(F)F. The third-order valence-electron chi connectivity index (χ3n) is 6.50. The first kappa shape index (κ1) is 27.2. The van der Waals surface area contributed by atoms with E-state index in [2.05, 4.69) is 47.0 Å². The molecule has 2 fully saturated rings. The number of halogens is 3. The number of aromatic nitrogens is 2. The highest BCUT2D eigenvalue weighted by molar-refractivity contribution is 7.09. The Labute approximate surface area is 206 Å². The first-order valence-corrected chi connectivity index (χ1v) is 12.2. The number of aliphatic carboxylic acids is 1. The van der Waals surface area contributed by atoms with Crippen molar-refractivity contribution in [2.75, 3.05) is 39.9 Å². The molecule has 12 heteroatoms. The Bertz CT molecular complexity index is 995. The lowest BCUT2D eigenvalue weighted by molar-refractivity contribution is -0.192. The number of thiophene rings is 1. The van der Waals surface area contributed by atoms with Gasteiger partial charge in [0.2, 0.25) is 5.91 Å². The maximum Gasteiger partial charge on any atom is 0.490 e. The molecule has 2 aromatic heterocycles. The molecule has 1 N–H and O–H groups in total. The number of rotatable bonds is 7. The number of likely N-dealkylation sites (tertiary alicyclic amines) is 2. The molecule has 1 spiro atoms. The predicted octanol–water partition coefficient (Wildman–Crippen LogP) is 3.62. The molecule has 4 heterocycles. The third kappa shape index (κ3) is 6.22. The van der Waals surface area contributed by atoms with Crippen LogP contribution < -0.4 is 0 Å². The van der Waals surface area contributed by atoms with Gasteiger partial charge in [-0.25, -0.2) is 9.78 Å². The van der Waals surface area contributed by atoms with E-state index >= 15 is 0 Å². The Morgan fingerprint density at radius 3 is 2.66 bits per heavy atom. The van der Waals surface area contributed by atoms with Gasteiger partial charge in [0.1, 0.15) is 0 Å². The average Bonchev–Trinajstić information content (AvgIpc) is 3.57. The van der Waals surface area contributed by atoms with Crippen molar-refractivity contribution in [3.05, 3.63) is 40.6 Å². The summed E-state index contributed by atoms with van der Waals surface area (Å²) in [5.74, 6) is -2.33. The fourth-order valence-electron chi connectivity index (χ4n) is 4.68. The molecule has 0 saturated carbocycles. The number of ether oxygens (including phenoxy) is 1. The second kappa shape index (κ2) is 11.1. The molecule has 35 heavy (non-hydrogen) atoms. The number of alkyl halides is 3. The molecule has 0 aliphatic carbocycles. The van der Waals surface area contributed by atoms with E-state index in [9.17, 15) is 18.0 Å². The predicted molar refractivity (Wildman–Crippen MR) is 124 cm³/mol. The maximum absolute atomic E-state index is 13.5. The van der Waals surface area contributed by atoms with Crippen LogP contribution in [0.15, 0.2) is 30.0 Å². The Morgan fingerprint density at radius 1 is 1.40 bits per heavy atom. The number of hydrogen-bond donors (Lipinski definition) is 1. The minimum absolute atomic E-state index is 0.146. The lowest BCUT2D eigenvalue weighted by atomic mass is 9.75. The average molecular weight is 517 g/mol. The second-order valence-electron chi connectivity index (χ2n) is 9.14. The van der Waals surface area contributed by atoms with E-state index in [4.69, 9.17) is 19.6 Å². The minimum Gasteiger partial charge on any atom is -0.475 e. The number of carboxylic acids is 1. The van der Waals surface area contributed by atoms with Crippen molar-refractivity contribution in [1.29, 1.82) is 0 Å². The molecule has 4 rings (SSSR count). The molecule has 1 amide bonds. The zero-order chi connectivity index (χ0) is 25.8. The van der Waals surface area contributed by atoms with Gasteiger partial charge in [0.05, 0.1) is 24.0 Å². The Hall–Kier alpha value is -2.44. The highest BCUT2D eigenvalue weighted by Gasteiger charge is 2.57. The van der Waals surface area contributed by atoms with Crippen LogP contribution in [0.3, 0.4) is 0 Å². The summed E-state index contributed by atoms with van der Waals surface area (Å²) in [6.45, 7) is 9.01. The lowest BCUT2D eigenvalue weighted by Gasteiger charge is -2.28. The molecular weight excluding hydrogens is 485 g/mol. The Balaban J connectivity index is 0.000000429. The van der Waals surface area contributed by atoms with Gasteiger partial charge in [0, 0.05) is 62.9 Å². The van der Waals surface area contributed by atoms with Crippen LogP contribution in [-0.2, 0) is 20.9 Å². The van der Waals surface area contributed by atoms with Crippen molar-refractivity contribution in [1.82, 2.24) is 19.4 Å². The van der Waals surface area contributed by atoms with E-state index in [-0.39, 0.29) is 17.2 Å². The van der Waals surface area contributed by atoms with Crippen molar-refractivity contribution in [3.8, 4) is 0 Å². The summed E-state index contributed by atoms with van der Waals surface area (Å²) in [5, 5.41) is 9.25. The standard InChI is InChI=1S/C21H30N4O2S.C2HF3O2/c1-16(2)25-13-19(22-15-25)18-12-23(11-17-5-4-10-28-17)14-21(18)6-7-24(20(21)26)8-9-27-3;3-2(4,5)1(6)7/h4-5,10,13,15-16,18H,6-9,11-12,14H2,1-3H3;(H,6,7). The topological polar surface area (TPSA) is 87.9 Å². The first-order chi connectivity index (χ1) is 16.5. The molecule has 8 nitrogen and oxygen atoms in total. The van der Waals surface area contributed by atoms with Gasteiger partial charge in [0.15, 0.2) is 0 Å². The highest BCUT2D eigenvalue weighted by atomic mass is 32.1. The number of carbonyl (C=O) groups excluding carboxylic acids is 1. The molecule has 2 unspecified atom stereocenters. The van der Waals surface area contributed by atoms with E-state index in [1.165, 1.54) is 4.88 Å². The van der Waals surface area contributed by atoms with Gasteiger partial charge in [-0.15, -0.1) is 11.3 Å². The maximum atomic E-state index is 13.5. The van der Waals surface area contributed by atoms with E-state index in [1.54, 1.807) is 18.4 Å². The lowest BCUT2D eigenvalue weighted by Crippen LogP contribution is -2.40. The molecule has 0 aromatic carbocycles. The van der Waals surface area contributed by atoms with Crippen LogP contribution in [-0.4, -0.2) is 82.4 Å². The summed E-state index contributed by atoms with van der Waals surface area (Å²) >= 11 is 1.78. The first-order valence-electron chi connectivity index (χ1n) is 11.3. The fourth-order valence-corrected chi connectivity index (χ4v) is 5.43. The van der Waals surface area contributed by atoms with E-state index in [1.807, 2.05) is 11.2 Å². The molecule has 0 bridgehead atoms. The van der Waals surface area contributed by atoms with Crippen LogP contribution in [0.1, 0.15) is 42.8 Å². The summed E-state index contributed by atoms with van der Waals surface area (Å²) < 4.78 is 39.1. The smallest absolute Gasteiger partial charge is 0.475 e. The molecule has 2 atom stereocenters. The molecule has 2 aliphatic rings. The molecule has 194 valence electrons. The number of methoxy groups -OCH3 is 1. The zero-order valence-electron chi connectivity index (χ0n) is 20.0. The van der Waals surface area contributed by atoms with Gasteiger partial charge in [-0.05, 0) is 31.7 Å². The van der Waals surface area contributed by atoms with Gasteiger partial charge in [-0.2, -0.15) is 13.2 Å². The number of nitrogens with zero attached hydrogens (tertiary/aromatic N) is 4. The van der Waals surface area contributed by atoms with Gasteiger partial charge < -0.3 is 19.3 Å². The van der Waals surface area contributed by atoms with Gasteiger partial charge >= 0.3 is 12.1 Å². The van der Waals surface area contributed by atoms with E-state index in [0.29, 0.717) is 19.2 Å². The second-order valence-corrected chi connectivity index (χ2v) is 10.2. The fraction of sp³-hybridized carbons (Fsp3) is 0.609. The van der Waals surface area contributed by atoms with E-state index < -0.39 is 12.1 Å².